The first kappa shape index (κ1) is 19.1. The molecule has 0 spiro atoms. The first-order chi connectivity index (χ1) is 11.2. The molecule has 1 unspecified atom stereocenters. The topological polar surface area (TPSA) is 58.6 Å². The minimum atomic E-state index is -1.08. The highest BCUT2D eigenvalue weighted by molar-refractivity contribution is 7.90. The Morgan fingerprint density at radius 1 is 1.17 bits per heavy atom. The van der Waals surface area contributed by atoms with Crippen molar-refractivity contribution in [1.29, 1.82) is 0 Å². The normalized spacial score (nSPS) is 18.4. The van der Waals surface area contributed by atoms with Crippen LogP contribution >= 0.6 is 0 Å². The number of nitrogens with zero attached hydrogens (tertiary/aromatic N) is 2. The van der Waals surface area contributed by atoms with Crippen molar-refractivity contribution in [2.45, 2.75) is 45.4 Å². The number of hydrogen-bond acceptors (Lipinski definition) is 4. The number of carbonyl (C=O) groups is 1. The van der Waals surface area contributed by atoms with Crippen molar-refractivity contribution < 1.29 is 9.35 Å². The molecule has 5 nitrogen and oxygen atoms in total. The van der Waals surface area contributed by atoms with Crippen LogP contribution in [0.15, 0.2) is 24.3 Å². The van der Waals surface area contributed by atoms with Gasteiger partial charge in [-0.05, 0) is 45.4 Å². The molecule has 1 amide bonds. The van der Waals surface area contributed by atoms with E-state index in [0.717, 1.165) is 31.7 Å². The predicted molar refractivity (Wildman–Crippen MR) is 100 cm³/mol. The molecular weight excluding hydrogens is 322 g/mol. The van der Waals surface area contributed by atoms with Crippen molar-refractivity contribution in [2.24, 2.45) is 0 Å². The highest BCUT2D eigenvalue weighted by Gasteiger charge is 2.28. The maximum Gasteiger partial charge on any atom is 0.219 e. The number of benzene rings is 1. The summed E-state index contributed by atoms with van der Waals surface area (Å²) < 4.78 is 15.1. The van der Waals surface area contributed by atoms with Crippen molar-refractivity contribution >= 4 is 23.0 Å². The second kappa shape index (κ2) is 7.76. The SMILES string of the molecule is CC(=O)N1CCN(c2ccc(C(C)N[S@+]([O-])C(C)(C)C)cc2)CC1. The van der Waals surface area contributed by atoms with E-state index >= 15 is 0 Å². The molecule has 1 aliphatic rings. The standard InChI is InChI=1S/C18H29N3O2S/c1-14(19-24(23)18(3,4)5)16-6-8-17(9-7-16)21-12-10-20(11-13-21)15(2)22/h6-9,14,19H,10-13H2,1-5H3/t14?,24-/m1/s1. The molecule has 1 aromatic carbocycles. The molecule has 1 saturated heterocycles. The highest BCUT2D eigenvalue weighted by atomic mass is 32.2. The van der Waals surface area contributed by atoms with Crippen LogP contribution in [0.2, 0.25) is 0 Å². The Kier molecular flexibility index (Phi) is 6.17. The zero-order valence-electron chi connectivity index (χ0n) is 15.3. The summed E-state index contributed by atoms with van der Waals surface area (Å²) in [6, 6.07) is 8.43. The molecule has 1 aromatic rings. The molecule has 2 rings (SSSR count). The third kappa shape index (κ3) is 4.88. The molecule has 1 fully saturated rings. The molecular formula is C18H29N3O2S. The Labute approximate surface area is 148 Å². The average molecular weight is 352 g/mol. The smallest absolute Gasteiger partial charge is 0.219 e. The lowest BCUT2D eigenvalue weighted by molar-refractivity contribution is -0.129. The summed E-state index contributed by atoms with van der Waals surface area (Å²) in [5.74, 6) is 0.150. The van der Waals surface area contributed by atoms with Crippen LogP contribution in [-0.2, 0) is 16.2 Å². The van der Waals surface area contributed by atoms with Gasteiger partial charge in [-0.3, -0.25) is 4.79 Å². The number of carbonyl (C=O) groups excluding carboxylic acids is 1. The molecule has 1 N–H and O–H groups in total. The molecule has 134 valence electrons. The Morgan fingerprint density at radius 3 is 2.17 bits per heavy atom. The summed E-state index contributed by atoms with van der Waals surface area (Å²) in [6.07, 6.45) is 0. The van der Waals surface area contributed by atoms with Crippen molar-refractivity contribution in [1.82, 2.24) is 9.62 Å². The van der Waals surface area contributed by atoms with Crippen molar-refractivity contribution in [3.05, 3.63) is 29.8 Å². The van der Waals surface area contributed by atoms with E-state index in [2.05, 4.69) is 33.9 Å². The van der Waals surface area contributed by atoms with Gasteiger partial charge in [0.1, 0.15) is 4.75 Å². The van der Waals surface area contributed by atoms with Crippen LogP contribution in [0.3, 0.4) is 0 Å². The lowest BCUT2D eigenvalue weighted by Crippen LogP contribution is -2.48. The van der Waals surface area contributed by atoms with Gasteiger partial charge in [0.25, 0.3) is 0 Å². The van der Waals surface area contributed by atoms with Crippen molar-refractivity contribution in [2.75, 3.05) is 31.1 Å². The largest absolute Gasteiger partial charge is 0.598 e. The quantitative estimate of drug-likeness (QED) is 0.847. The van der Waals surface area contributed by atoms with Gasteiger partial charge in [-0.25, -0.2) is 0 Å². The summed E-state index contributed by atoms with van der Waals surface area (Å²) >= 11 is -1.08. The fourth-order valence-electron chi connectivity index (χ4n) is 2.66. The lowest BCUT2D eigenvalue weighted by Gasteiger charge is -2.35. The number of anilines is 1. The fourth-order valence-corrected chi connectivity index (χ4v) is 3.47. The number of amides is 1. The zero-order valence-corrected chi connectivity index (χ0v) is 16.2. The monoisotopic (exact) mass is 351 g/mol. The van der Waals surface area contributed by atoms with Crippen molar-refractivity contribution in [3.8, 4) is 0 Å². The van der Waals surface area contributed by atoms with Crippen molar-refractivity contribution in [3.63, 3.8) is 0 Å². The predicted octanol–water partition coefficient (Wildman–Crippen LogP) is 2.47. The summed E-state index contributed by atoms with van der Waals surface area (Å²) in [5.41, 5.74) is 2.30. The van der Waals surface area contributed by atoms with E-state index in [1.807, 2.05) is 32.6 Å². The van der Waals surface area contributed by atoms with E-state index in [0.29, 0.717) is 0 Å². The van der Waals surface area contributed by atoms with Crippen LogP contribution in [0, 0.1) is 0 Å². The van der Waals surface area contributed by atoms with E-state index in [1.54, 1.807) is 6.92 Å². The van der Waals surface area contributed by atoms with Crippen LogP contribution in [0.25, 0.3) is 0 Å². The van der Waals surface area contributed by atoms with E-state index in [1.165, 1.54) is 5.69 Å². The van der Waals surface area contributed by atoms with E-state index < -0.39 is 11.4 Å². The maximum absolute atomic E-state index is 12.2. The summed E-state index contributed by atoms with van der Waals surface area (Å²) in [5, 5.41) is 0. The van der Waals surface area contributed by atoms with E-state index in [4.69, 9.17) is 0 Å². The van der Waals surface area contributed by atoms with Gasteiger partial charge in [-0.1, -0.05) is 12.1 Å². The number of nitrogens with one attached hydrogen (secondary N) is 1. The van der Waals surface area contributed by atoms with Gasteiger partial charge < -0.3 is 14.4 Å². The number of piperazine rings is 1. The molecule has 0 bridgehead atoms. The van der Waals surface area contributed by atoms with Gasteiger partial charge in [-0.15, -0.1) is 4.72 Å². The second-order valence-electron chi connectivity index (χ2n) is 7.31. The molecule has 0 aromatic heterocycles. The Bertz CT molecular complexity index is 548. The summed E-state index contributed by atoms with van der Waals surface area (Å²) in [6.45, 7) is 12.8. The Hall–Kier alpha value is -1.24. The molecule has 0 radical (unpaired) electrons. The molecule has 0 saturated carbocycles. The van der Waals surface area contributed by atoms with Crippen LogP contribution in [0.4, 0.5) is 5.69 Å². The molecule has 2 atom stereocenters. The molecule has 0 aliphatic carbocycles. The van der Waals surface area contributed by atoms with E-state index in [-0.39, 0.29) is 16.7 Å². The van der Waals surface area contributed by atoms with Crippen LogP contribution in [0.1, 0.15) is 46.2 Å². The minimum Gasteiger partial charge on any atom is -0.598 e. The summed E-state index contributed by atoms with van der Waals surface area (Å²) in [7, 11) is 0. The summed E-state index contributed by atoms with van der Waals surface area (Å²) in [4.78, 5) is 15.6. The van der Waals surface area contributed by atoms with Crippen LogP contribution < -0.4 is 9.62 Å². The number of rotatable bonds is 4. The maximum atomic E-state index is 12.2. The Morgan fingerprint density at radius 2 is 1.71 bits per heavy atom. The van der Waals surface area contributed by atoms with Crippen LogP contribution in [0.5, 0.6) is 0 Å². The molecule has 6 heteroatoms. The second-order valence-corrected chi connectivity index (χ2v) is 9.30. The van der Waals surface area contributed by atoms with E-state index in [9.17, 15) is 9.35 Å². The third-order valence-electron chi connectivity index (χ3n) is 4.32. The van der Waals surface area contributed by atoms with Gasteiger partial charge in [0.05, 0.1) is 6.04 Å². The van der Waals surface area contributed by atoms with Crippen LogP contribution in [-0.4, -0.2) is 46.3 Å². The fraction of sp³-hybridized carbons (Fsp3) is 0.611. The Balaban J connectivity index is 1.95. The zero-order chi connectivity index (χ0) is 17.9. The minimum absolute atomic E-state index is 0.0358. The first-order valence-electron chi connectivity index (χ1n) is 8.47. The highest BCUT2D eigenvalue weighted by Crippen LogP contribution is 2.23. The molecule has 24 heavy (non-hydrogen) atoms. The lowest BCUT2D eigenvalue weighted by atomic mass is 10.1. The molecule has 1 aliphatic heterocycles. The van der Waals surface area contributed by atoms with Gasteiger partial charge >= 0.3 is 0 Å². The van der Waals surface area contributed by atoms with Gasteiger partial charge in [0.2, 0.25) is 5.91 Å². The average Bonchev–Trinajstić information content (AvgIpc) is 2.54. The third-order valence-corrected chi connectivity index (χ3v) is 6.00. The molecule has 1 heterocycles. The van der Waals surface area contributed by atoms with Gasteiger partial charge in [0.15, 0.2) is 0 Å². The first-order valence-corrected chi connectivity index (χ1v) is 9.62. The number of hydrogen-bond donors (Lipinski definition) is 1. The van der Waals surface area contributed by atoms with Gasteiger partial charge in [0, 0.05) is 50.2 Å². The van der Waals surface area contributed by atoms with Gasteiger partial charge in [-0.2, -0.15) is 0 Å².